The van der Waals surface area contributed by atoms with Gasteiger partial charge < -0.3 is 20.3 Å². The predicted molar refractivity (Wildman–Crippen MR) is 296 cm³/mol. The Bertz CT molecular complexity index is 1100. The van der Waals surface area contributed by atoms with Crippen LogP contribution < -0.4 is 5.32 Å². The van der Waals surface area contributed by atoms with Crippen LogP contribution in [-0.4, -0.2) is 47.4 Å². The second-order valence-electron chi connectivity index (χ2n) is 20.7. The third-order valence-electron chi connectivity index (χ3n) is 13.9. The van der Waals surface area contributed by atoms with Gasteiger partial charge in [0.15, 0.2) is 0 Å². The minimum atomic E-state index is -0.857. The Kier molecular flexibility index (Phi) is 56.0. The highest BCUT2D eigenvalue weighted by atomic mass is 16.5. The molecule has 3 N–H and O–H groups in total. The van der Waals surface area contributed by atoms with Gasteiger partial charge in [0, 0.05) is 12.8 Å². The molecule has 0 aromatic carbocycles. The molecular weight excluding hydrogens is 839 g/mol. The van der Waals surface area contributed by atoms with E-state index in [-0.39, 0.29) is 18.5 Å². The molecule has 0 spiro atoms. The number of aliphatic hydroxyl groups excluding tert-OH is 2. The molecule has 2 unspecified atom stereocenters. The Morgan fingerprint density at radius 1 is 0.397 bits per heavy atom. The quantitative estimate of drug-likeness (QED) is 0.0321. The van der Waals surface area contributed by atoms with Crippen molar-refractivity contribution in [2.24, 2.45) is 0 Å². The highest BCUT2D eigenvalue weighted by molar-refractivity contribution is 5.76. The monoisotopic (exact) mass is 956 g/mol. The average Bonchev–Trinajstić information content (AvgIpc) is 3.34. The van der Waals surface area contributed by atoms with Crippen LogP contribution >= 0.6 is 0 Å². The van der Waals surface area contributed by atoms with E-state index in [2.05, 4.69) is 43.5 Å². The van der Waals surface area contributed by atoms with Crippen LogP contribution in [0.3, 0.4) is 0 Å². The number of hydrogen-bond acceptors (Lipinski definition) is 5. The zero-order chi connectivity index (χ0) is 49.3. The van der Waals surface area contributed by atoms with Crippen molar-refractivity contribution in [2.75, 3.05) is 13.2 Å². The molecule has 0 aliphatic carbocycles. The van der Waals surface area contributed by atoms with Crippen LogP contribution in [-0.2, 0) is 14.3 Å². The van der Waals surface area contributed by atoms with E-state index in [1.54, 1.807) is 6.08 Å². The average molecular weight is 957 g/mol. The molecule has 0 fully saturated rings. The summed E-state index contributed by atoms with van der Waals surface area (Å²) in [7, 11) is 0. The molecule has 0 rings (SSSR count). The predicted octanol–water partition coefficient (Wildman–Crippen LogP) is 18.8. The number of amides is 1. The second kappa shape index (κ2) is 57.7. The first-order chi connectivity index (χ1) is 33.5. The third kappa shape index (κ3) is 53.4. The standard InChI is InChI=1S/C62H117NO5/c1-3-5-7-9-11-13-15-16-17-18-19-20-21-22-23-24-25-28-31-35-38-42-46-50-54-60(65)59(58-64)63-61(66)55-51-47-43-39-36-32-29-26-27-30-33-37-41-45-49-53-57-68-62(67)56-52-48-44-40-34-14-12-10-8-6-4-2/h10,12,26,29,50,54,59-60,64-65H,3-9,11,13-25,27-28,30-49,51-53,55-58H2,1-2H3,(H,63,66)/b12-10-,29-26-,54-50+. The number of hydrogen-bond donors (Lipinski definition) is 3. The topological polar surface area (TPSA) is 95.9 Å². The summed E-state index contributed by atoms with van der Waals surface area (Å²) >= 11 is 0. The lowest BCUT2D eigenvalue weighted by molar-refractivity contribution is -0.143. The maximum Gasteiger partial charge on any atom is 0.305 e. The van der Waals surface area contributed by atoms with Gasteiger partial charge in [0.1, 0.15) is 0 Å². The molecule has 6 nitrogen and oxygen atoms in total. The molecule has 0 aromatic rings. The van der Waals surface area contributed by atoms with Crippen LogP contribution in [0.15, 0.2) is 36.5 Å². The molecule has 0 saturated carbocycles. The van der Waals surface area contributed by atoms with Gasteiger partial charge in [-0.1, -0.05) is 269 Å². The number of unbranched alkanes of at least 4 members (excludes halogenated alkanes) is 41. The van der Waals surface area contributed by atoms with Crippen molar-refractivity contribution in [2.45, 2.75) is 334 Å². The smallest absolute Gasteiger partial charge is 0.305 e. The fourth-order valence-electron chi connectivity index (χ4n) is 9.20. The van der Waals surface area contributed by atoms with Crippen molar-refractivity contribution in [1.29, 1.82) is 0 Å². The van der Waals surface area contributed by atoms with Crippen molar-refractivity contribution in [3.63, 3.8) is 0 Å². The van der Waals surface area contributed by atoms with Gasteiger partial charge in [0.25, 0.3) is 0 Å². The number of esters is 1. The number of ether oxygens (including phenoxy) is 1. The molecule has 0 aliphatic rings. The Morgan fingerprint density at radius 2 is 0.706 bits per heavy atom. The maximum atomic E-state index is 12.5. The molecule has 6 heteroatoms. The minimum absolute atomic E-state index is 0.0148. The minimum Gasteiger partial charge on any atom is -0.466 e. The summed E-state index contributed by atoms with van der Waals surface area (Å²) in [6, 6.07) is -0.642. The van der Waals surface area contributed by atoms with E-state index in [9.17, 15) is 19.8 Å². The van der Waals surface area contributed by atoms with E-state index in [4.69, 9.17) is 4.74 Å². The first kappa shape index (κ1) is 66.1. The molecule has 0 saturated heterocycles. The lowest BCUT2D eigenvalue weighted by Crippen LogP contribution is -2.45. The third-order valence-corrected chi connectivity index (χ3v) is 13.9. The zero-order valence-corrected chi connectivity index (χ0v) is 45.6. The Labute approximate surface area is 424 Å². The van der Waals surface area contributed by atoms with Crippen molar-refractivity contribution < 1.29 is 24.5 Å². The molecule has 400 valence electrons. The summed E-state index contributed by atoms with van der Waals surface area (Å²) < 4.78 is 5.44. The normalized spacial score (nSPS) is 12.8. The molecule has 0 radical (unpaired) electrons. The summed E-state index contributed by atoms with van der Waals surface area (Å²) in [5.41, 5.74) is 0. The number of aliphatic hydroxyl groups is 2. The Morgan fingerprint density at radius 3 is 1.09 bits per heavy atom. The molecule has 68 heavy (non-hydrogen) atoms. The highest BCUT2D eigenvalue weighted by Crippen LogP contribution is 2.17. The molecular formula is C62H117NO5. The summed E-state index contributed by atoms with van der Waals surface area (Å²) in [6.07, 6.45) is 71.8. The van der Waals surface area contributed by atoms with E-state index in [0.29, 0.717) is 19.4 Å². The van der Waals surface area contributed by atoms with Gasteiger partial charge in [0.2, 0.25) is 5.91 Å². The molecule has 0 heterocycles. The van der Waals surface area contributed by atoms with Crippen LogP contribution in [0.4, 0.5) is 0 Å². The van der Waals surface area contributed by atoms with Crippen LogP contribution in [0, 0.1) is 0 Å². The van der Waals surface area contributed by atoms with Gasteiger partial charge >= 0.3 is 5.97 Å². The van der Waals surface area contributed by atoms with E-state index in [0.717, 1.165) is 64.2 Å². The number of nitrogens with one attached hydrogen (secondary N) is 1. The van der Waals surface area contributed by atoms with Gasteiger partial charge in [-0.25, -0.2) is 0 Å². The van der Waals surface area contributed by atoms with Crippen LogP contribution in [0.25, 0.3) is 0 Å². The van der Waals surface area contributed by atoms with Crippen LogP contribution in [0.2, 0.25) is 0 Å². The van der Waals surface area contributed by atoms with Crippen molar-refractivity contribution in [3.8, 4) is 0 Å². The van der Waals surface area contributed by atoms with Crippen molar-refractivity contribution in [3.05, 3.63) is 36.5 Å². The van der Waals surface area contributed by atoms with Crippen molar-refractivity contribution in [1.82, 2.24) is 5.32 Å². The number of allylic oxidation sites excluding steroid dienone is 5. The highest BCUT2D eigenvalue weighted by Gasteiger charge is 2.18. The Hall–Kier alpha value is -1.92. The van der Waals surface area contributed by atoms with Crippen molar-refractivity contribution >= 4 is 11.9 Å². The number of carbonyl (C=O) groups excluding carboxylic acids is 2. The fourth-order valence-corrected chi connectivity index (χ4v) is 9.20. The summed E-state index contributed by atoms with van der Waals surface area (Å²) in [5.74, 6) is -0.0977. The van der Waals surface area contributed by atoms with Gasteiger partial charge in [-0.2, -0.15) is 0 Å². The zero-order valence-electron chi connectivity index (χ0n) is 45.6. The molecule has 1 amide bonds. The summed E-state index contributed by atoms with van der Waals surface area (Å²) in [5, 5.41) is 23.2. The SMILES string of the molecule is CCCC/C=C\CCCCCCCC(=O)OCCCCCCCCC/C=C\CCCCCCCC(=O)NC(CO)C(O)/C=C/CCCCCCCCCCCCCCCCCCCCCCCC. The van der Waals surface area contributed by atoms with E-state index in [1.807, 2.05) is 6.08 Å². The maximum absolute atomic E-state index is 12.5. The lowest BCUT2D eigenvalue weighted by Gasteiger charge is -2.20. The van der Waals surface area contributed by atoms with Gasteiger partial charge in [-0.3, -0.25) is 9.59 Å². The first-order valence-corrected chi connectivity index (χ1v) is 30.3. The van der Waals surface area contributed by atoms with Crippen LogP contribution in [0.5, 0.6) is 0 Å². The van der Waals surface area contributed by atoms with Gasteiger partial charge in [-0.15, -0.1) is 0 Å². The van der Waals surface area contributed by atoms with E-state index in [1.165, 1.54) is 231 Å². The molecule has 0 aromatic heterocycles. The number of carbonyl (C=O) groups is 2. The van der Waals surface area contributed by atoms with Gasteiger partial charge in [0.05, 0.1) is 25.4 Å². The fraction of sp³-hybridized carbons (Fsp3) is 0.871. The van der Waals surface area contributed by atoms with E-state index < -0.39 is 12.1 Å². The summed E-state index contributed by atoms with van der Waals surface area (Å²) in [4.78, 5) is 24.5. The van der Waals surface area contributed by atoms with Crippen LogP contribution in [0.1, 0.15) is 322 Å². The van der Waals surface area contributed by atoms with E-state index >= 15 is 0 Å². The van der Waals surface area contributed by atoms with Gasteiger partial charge in [-0.05, 0) is 77.0 Å². The number of rotatable bonds is 56. The summed E-state index contributed by atoms with van der Waals surface area (Å²) in [6.45, 7) is 4.85. The second-order valence-corrected chi connectivity index (χ2v) is 20.7. The molecule has 0 aliphatic heterocycles. The molecule has 2 atom stereocenters. The largest absolute Gasteiger partial charge is 0.466 e. The Balaban J connectivity index is 3.51. The lowest BCUT2D eigenvalue weighted by atomic mass is 10.0. The first-order valence-electron chi connectivity index (χ1n) is 30.3. The molecule has 0 bridgehead atoms.